The van der Waals surface area contributed by atoms with Crippen molar-refractivity contribution in [3.05, 3.63) is 23.8 Å². The Balaban J connectivity index is 2.45. The Morgan fingerprint density at radius 2 is 1.79 bits per heavy atom. The molecule has 0 saturated carbocycles. The molecule has 1 rings (SSSR count). The molecule has 0 atom stereocenters. The largest absolute Gasteiger partial charge is 0.500 e. The van der Waals surface area contributed by atoms with Gasteiger partial charge in [0.1, 0.15) is 12.0 Å². The summed E-state index contributed by atoms with van der Waals surface area (Å²) in [4.78, 5) is 41.3. The summed E-state index contributed by atoms with van der Waals surface area (Å²) in [5, 5.41) is -0.378. The van der Waals surface area contributed by atoms with Gasteiger partial charge in [-0.15, -0.1) is 0 Å². The lowest BCUT2D eigenvalue weighted by molar-refractivity contribution is -0.133. The molecule has 0 aliphatic heterocycles. The maximum Gasteiger partial charge on any atom is 0.500 e. The van der Waals surface area contributed by atoms with Crippen LogP contribution in [0.1, 0.15) is 23.2 Å². The van der Waals surface area contributed by atoms with E-state index in [9.17, 15) is 23.9 Å². The van der Waals surface area contributed by atoms with Gasteiger partial charge in [0.05, 0.1) is 11.7 Å². The van der Waals surface area contributed by atoms with Crippen LogP contribution in [0.5, 0.6) is 5.75 Å². The lowest BCUT2D eigenvalue weighted by Gasteiger charge is -2.24. The van der Waals surface area contributed by atoms with Crippen LogP contribution in [0.25, 0.3) is 0 Å². The highest BCUT2D eigenvalue weighted by molar-refractivity contribution is 7.99. The summed E-state index contributed by atoms with van der Waals surface area (Å²) in [6, 6.07) is 4.03. The normalized spacial score (nSPS) is 12.0. The Bertz CT molecular complexity index is 697. The van der Waals surface area contributed by atoms with Crippen LogP contribution in [-0.2, 0) is 22.6 Å². The first-order valence-electron chi connectivity index (χ1n) is 8.30. The molecule has 9 nitrogen and oxygen atoms in total. The van der Waals surface area contributed by atoms with Crippen molar-refractivity contribution in [1.82, 2.24) is 0 Å². The predicted octanol–water partition coefficient (Wildman–Crippen LogP) is 1.60. The van der Waals surface area contributed by atoms with Crippen LogP contribution < -0.4 is 10.0 Å². The standard InChI is InChI=1S/C16H25O9PSSi/c1-22-28(23-2,24-3)8-4-6-27-7-5-16(18)25-14-9-13(12-17)10-15(11-14)26(19,20)21/h9-12H,4-8H2,1-3H3,(H2,19,20,21). The van der Waals surface area contributed by atoms with E-state index in [1.165, 1.54) is 6.07 Å². The van der Waals surface area contributed by atoms with Gasteiger partial charge in [0.25, 0.3) is 0 Å². The Morgan fingerprint density at radius 3 is 2.32 bits per heavy atom. The Morgan fingerprint density at radius 1 is 1.14 bits per heavy atom. The monoisotopic (exact) mass is 452 g/mol. The van der Waals surface area contributed by atoms with Crippen LogP contribution in [0.3, 0.4) is 0 Å². The summed E-state index contributed by atoms with van der Waals surface area (Å²) < 4.78 is 32.4. The fourth-order valence-electron chi connectivity index (χ4n) is 2.29. The van der Waals surface area contributed by atoms with Gasteiger partial charge in [-0.2, -0.15) is 11.8 Å². The molecular formula is C16H25O9PSSi. The van der Waals surface area contributed by atoms with Gasteiger partial charge >= 0.3 is 22.4 Å². The zero-order valence-electron chi connectivity index (χ0n) is 16.0. The topological polar surface area (TPSA) is 129 Å². The molecule has 0 fully saturated rings. The molecule has 0 aliphatic rings. The van der Waals surface area contributed by atoms with Crippen LogP contribution in [0.2, 0.25) is 6.04 Å². The van der Waals surface area contributed by atoms with E-state index in [0.717, 1.165) is 24.3 Å². The summed E-state index contributed by atoms with van der Waals surface area (Å²) in [5.41, 5.74) is 0.0140. The number of thioether (sulfide) groups is 1. The van der Waals surface area contributed by atoms with E-state index in [1.54, 1.807) is 33.1 Å². The van der Waals surface area contributed by atoms with E-state index >= 15 is 0 Å². The van der Waals surface area contributed by atoms with Gasteiger partial charge in [0.2, 0.25) is 0 Å². The maximum atomic E-state index is 11.9. The first-order valence-corrected chi connectivity index (χ1v) is 13.0. The Hall–Kier alpha value is -1.04. The first-order chi connectivity index (χ1) is 13.2. The number of aldehydes is 1. The average Bonchev–Trinajstić information content (AvgIpc) is 2.67. The summed E-state index contributed by atoms with van der Waals surface area (Å²) in [7, 11) is -2.48. The van der Waals surface area contributed by atoms with Crippen LogP contribution in [0.4, 0.5) is 0 Å². The molecule has 0 saturated heterocycles. The molecule has 1 aromatic rings. The number of carbonyl (C=O) groups excluding carboxylic acids is 2. The summed E-state index contributed by atoms with van der Waals surface area (Å²) in [6.45, 7) is 0. The molecule has 0 bridgehead atoms. The molecule has 158 valence electrons. The van der Waals surface area contributed by atoms with Crippen molar-refractivity contribution >= 4 is 45.7 Å². The smallest absolute Gasteiger partial charge is 0.426 e. The van der Waals surface area contributed by atoms with E-state index in [0.29, 0.717) is 18.1 Å². The number of benzene rings is 1. The van der Waals surface area contributed by atoms with Gasteiger partial charge in [-0.3, -0.25) is 14.2 Å². The van der Waals surface area contributed by atoms with Gasteiger partial charge in [0.15, 0.2) is 0 Å². The molecule has 12 heteroatoms. The minimum atomic E-state index is -4.57. The van der Waals surface area contributed by atoms with E-state index in [-0.39, 0.29) is 23.0 Å². The zero-order valence-corrected chi connectivity index (χ0v) is 18.7. The summed E-state index contributed by atoms with van der Waals surface area (Å²) in [5.74, 6) is 0.663. The molecule has 0 amide bonds. The fourth-order valence-corrected chi connectivity index (χ4v) is 5.74. The second-order valence-corrected chi connectivity index (χ2v) is 11.6. The number of hydrogen-bond acceptors (Lipinski definition) is 8. The highest BCUT2D eigenvalue weighted by Crippen LogP contribution is 2.34. The minimum absolute atomic E-state index is 0.0140. The number of esters is 1. The van der Waals surface area contributed by atoms with Crippen LogP contribution in [0, 0.1) is 0 Å². The van der Waals surface area contributed by atoms with E-state index < -0.39 is 22.4 Å². The van der Waals surface area contributed by atoms with Gasteiger partial charge in [-0.25, -0.2) is 0 Å². The molecule has 0 radical (unpaired) electrons. The average molecular weight is 452 g/mol. The molecule has 0 heterocycles. The Labute approximate surface area is 169 Å². The fraction of sp³-hybridized carbons (Fsp3) is 0.500. The van der Waals surface area contributed by atoms with Crippen LogP contribution in [0.15, 0.2) is 18.2 Å². The third kappa shape index (κ3) is 8.14. The second kappa shape index (κ2) is 11.8. The van der Waals surface area contributed by atoms with Gasteiger partial charge in [-0.1, -0.05) is 0 Å². The van der Waals surface area contributed by atoms with Crippen molar-refractivity contribution in [2.24, 2.45) is 0 Å². The Kier molecular flexibility index (Phi) is 10.6. The minimum Gasteiger partial charge on any atom is -0.426 e. The molecule has 0 unspecified atom stereocenters. The van der Waals surface area contributed by atoms with Gasteiger partial charge < -0.3 is 27.8 Å². The second-order valence-electron chi connectivity index (χ2n) is 5.66. The highest BCUT2D eigenvalue weighted by Gasteiger charge is 2.36. The lowest BCUT2D eigenvalue weighted by Crippen LogP contribution is -2.42. The van der Waals surface area contributed by atoms with Crippen molar-refractivity contribution in [2.45, 2.75) is 18.9 Å². The van der Waals surface area contributed by atoms with Crippen molar-refractivity contribution in [2.75, 3.05) is 32.8 Å². The molecule has 0 aliphatic carbocycles. The van der Waals surface area contributed by atoms with Crippen LogP contribution in [-0.4, -0.2) is 63.7 Å². The predicted molar refractivity (Wildman–Crippen MR) is 107 cm³/mol. The molecule has 0 spiro atoms. The van der Waals surface area contributed by atoms with Crippen molar-refractivity contribution < 1.29 is 42.0 Å². The maximum absolute atomic E-state index is 11.9. The van der Waals surface area contributed by atoms with Crippen LogP contribution >= 0.6 is 19.4 Å². The number of hydrogen-bond donors (Lipinski definition) is 2. The van der Waals surface area contributed by atoms with Gasteiger partial charge in [-0.05, 0) is 30.4 Å². The molecule has 1 aromatic carbocycles. The highest BCUT2D eigenvalue weighted by atomic mass is 32.2. The molecular weight excluding hydrogens is 427 g/mol. The SMILES string of the molecule is CO[Si](CCCSCCC(=O)Oc1cc(C=O)cc(P(=O)(O)O)c1)(OC)OC. The van der Waals surface area contributed by atoms with Crippen molar-refractivity contribution in [3.63, 3.8) is 0 Å². The van der Waals surface area contributed by atoms with E-state index in [4.69, 9.17) is 18.0 Å². The van der Waals surface area contributed by atoms with E-state index in [1.807, 2.05) is 0 Å². The first kappa shape index (κ1) is 25.0. The molecule has 2 N–H and O–H groups in total. The summed E-state index contributed by atoms with van der Waals surface area (Å²) in [6.07, 6.45) is 1.34. The lowest BCUT2D eigenvalue weighted by atomic mass is 10.2. The quantitative estimate of drug-likeness (QED) is 0.114. The summed E-state index contributed by atoms with van der Waals surface area (Å²) >= 11 is 1.55. The number of carbonyl (C=O) groups is 2. The number of rotatable bonds is 13. The zero-order chi connectivity index (χ0) is 21.2. The van der Waals surface area contributed by atoms with E-state index in [2.05, 4.69) is 0 Å². The third-order valence-corrected chi connectivity index (χ3v) is 8.61. The van der Waals surface area contributed by atoms with Crippen molar-refractivity contribution in [1.29, 1.82) is 0 Å². The number of ether oxygens (including phenoxy) is 1. The third-order valence-electron chi connectivity index (χ3n) is 3.77. The molecule has 0 aromatic heterocycles. The van der Waals surface area contributed by atoms with Crippen molar-refractivity contribution in [3.8, 4) is 5.75 Å². The molecule has 28 heavy (non-hydrogen) atoms. The van der Waals surface area contributed by atoms with Gasteiger partial charge in [0, 0.05) is 38.7 Å².